The summed E-state index contributed by atoms with van der Waals surface area (Å²) in [6, 6.07) is 12.9. The molecule has 0 saturated heterocycles. The Morgan fingerprint density at radius 1 is 1.21 bits per heavy atom. The zero-order valence-corrected chi connectivity index (χ0v) is 12.7. The number of pyridine rings is 1. The number of rotatable bonds is 4. The minimum Gasteiger partial charge on any atom is -0.495 e. The van der Waals surface area contributed by atoms with E-state index in [1.165, 1.54) is 25.3 Å². The molecule has 7 nitrogen and oxygen atoms in total. The summed E-state index contributed by atoms with van der Waals surface area (Å²) in [4.78, 5) is 27.2. The molecule has 1 heterocycles. The van der Waals surface area contributed by atoms with Crippen LogP contribution in [0.3, 0.4) is 0 Å². The fourth-order valence-electron chi connectivity index (χ4n) is 2.39. The van der Waals surface area contributed by atoms with E-state index in [4.69, 9.17) is 4.74 Å². The van der Waals surface area contributed by atoms with Crippen molar-refractivity contribution in [1.29, 1.82) is 0 Å². The minimum atomic E-state index is -0.531. The summed E-state index contributed by atoms with van der Waals surface area (Å²) in [5.74, 6) is -0.0558. The van der Waals surface area contributed by atoms with Crippen LogP contribution in [0, 0.1) is 10.1 Å². The van der Waals surface area contributed by atoms with Crippen molar-refractivity contribution < 1.29 is 14.5 Å². The molecule has 0 saturated carbocycles. The van der Waals surface area contributed by atoms with Gasteiger partial charge in [-0.15, -0.1) is 0 Å². The molecular formula is C17H13N3O4. The molecule has 1 aromatic heterocycles. The van der Waals surface area contributed by atoms with Crippen molar-refractivity contribution >= 4 is 28.2 Å². The van der Waals surface area contributed by atoms with Gasteiger partial charge in [0.2, 0.25) is 0 Å². The first kappa shape index (κ1) is 15.4. The first-order valence-electron chi connectivity index (χ1n) is 7.07. The Hall–Kier alpha value is -3.48. The van der Waals surface area contributed by atoms with Gasteiger partial charge >= 0.3 is 0 Å². The lowest BCUT2D eigenvalue weighted by Crippen LogP contribution is -2.13. The number of carbonyl (C=O) groups is 1. The lowest BCUT2D eigenvalue weighted by atomic mass is 10.1. The monoisotopic (exact) mass is 323 g/mol. The van der Waals surface area contributed by atoms with Crippen molar-refractivity contribution in [2.24, 2.45) is 0 Å². The van der Waals surface area contributed by atoms with Gasteiger partial charge in [-0.2, -0.15) is 0 Å². The van der Waals surface area contributed by atoms with Gasteiger partial charge in [-0.3, -0.25) is 19.9 Å². The van der Waals surface area contributed by atoms with Gasteiger partial charge in [0.15, 0.2) is 0 Å². The smallest absolute Gasteiger partial charge is 0.271 e. The number of non-ortho nitro benzene ring substituents is 1. The number of nitrogens with one attached hydrogen (secondary N) is 1. The van der Waals surface area contributed by atoms with Gasteiger partial charge < -0.3 is 10.1 Å². The van der Waals surface area contributed by atoms with E-state index in [2.05, 4.69) is 10.3 Å². The number of benzene rings is 2. The number of ether oxygens (including phenoxy) is 1. The number of nitro groups is 1. The number of para-hydroxylation sites is 1. The summed E-state index contributed by atoms with van der Waals surface area (Å²) in [6.45, 7) is 0. The topological polar surface area (TPSA) is 94.4 Å². The highest BCUT2D eigenvalue weighted by Gasteiger charge is 2.16. The van der Waals surface area contributed by atoms with Crippen LogP contribution in [0.1, 0.15) is 10.4 Å². The van der Waals surface area contributed by atoms with Crippen LogP contribution < -0.4 is 10.1 Å². The van der Waals surface area contributed by atoms with E-state index in [1.54, 1.807) is 24.4 Å². The quantitative estimate of drug-likeness (QED) is 0.586. The summed E-state index contributed by atoms with van der Waals surface area (Å²) in [5, 5.41) is 14.3. The fourth-order valence-corrected chi connectivity index (χ4v) is 2.39. The molecular weight excluding hydrogens is 310 g/mol. The van der Waals surface area contributed by atoms with Gasteiger partial charge in [0, 0.05) is 23.7 Å². The summed E-state index contributed by atoms with van der Waals surface area (Å²) < 4.78 is 5.15. The Morgan fingerprint density at radius 2 is 2.00 bits per heavy atom. The van der Waals surface area contributed by atoms with Crippen molar-refractivity contribution in [1.82, 2.24) is 4.98 Å². The number of fused-ring (bicyclic) bond motifs is 1. The van der Waals surface area contributed by atoms with Crippen LogP contribution in [0.5, 0.6) is 5.75 Å². The molecule has 3 rings (SSSR count). The van der Waals surface area contributed by atoms with Crippen LogP contribution in [0.2, 0.25) is 0 Å². The predicted octanol–water partition coefficient (Wildman–Crippen LogP) is 3.40. The molecule has 0 bridgehead atoms. The maximum Gasteiger partial charge on any atom is 0.271 e. The standard InChI is InChI=1S/C17H13N3O4/c1-24-16-7-6-11(20(22)23)10-15(16)19-17(21)13-8-9-18-14-5-3-2-4-12(13)14/h2-10H,1H3,(H,19,21). The van der Waals surface area contributed by atoms with E-state index in [1.807, 2.05) is 12.1 Å². The van der Waals surface area contributed by atoms with E-state index in [0.29, 0.717) is 22.2 Å². The van der Waals surface area contributed by atoms with E-state index < -0.39 is 10.8 Å². The van der Waals surface area contributed by atoms with Crippen LogP contribution in [0.4, 0.5) is 11.4 Å². The lowest BCUT2D eigenvalue weighted by molar-refractivity contribution is -0.384. The van der Waals surface area contributed by atoms with Crippen LogP contribution in [0.25, 0.3) is 10.9 Å². The molecule has 0 aliphatic rings. The maximum atomic E-state index is 12.6. The Balaban J connectivity index is 2.00. The number of methoxy groups -OCH3 is 1. The molecule has 0 atom stereocenters. The first-order chi connectivity index (χ1) is 11.6. The Morgan fingerprint density at radius 3 is 2.75 bits per heavy atom. The Labute approximate surface area is 137 Å². The molecule has 24 heavy (non-hydrogen) atoms. The molecule has 0 fully saturated rings. The van der Waals surface area contributed by atoms with Gasteiger partial charge in [-0.05, 0) is 18.2 Å². The Bertz CT molecular complexity index is 935. The zero-order chi connectivity index (χ0) is 17.1. The first-order valence-corrected chi connectivity index (χ1v) is 7.07. The maximum absolute atomic E-state index is 12.6. The van der Waals surface area contributed by atoms with E-state index in [-0.39, 0.29) is 11.4 Å². The van der Waals surface area contributed by atoms with Crippen molar-refractivity contribution in [3.63, 3.8) is 0 Å². The number of hydrogen-bond acceptors (Lipinski definition) is 5. The number of nitro benzene ring substituents is 1. The van der Waals surface area contributed by atoms with Gasteiger partial charge in [-0.25, -0.2) is 0 Å². The number of amides is 1. The van der Waals surface area contributed by atoms with Gasteiger partial charge in [-0.1, -0.05) is 18.2 Å². The van der Waals surface area contributed by atoms with E-state index in [9.17, 15) is 14.9 Å². The van der Waals surface area contributed by atoms with Crippen molar-refractivity contribution in [2.45, 2.75) is 0 Å². The van der Waals surface area contributed by atoms with Crippen LogP contribution in [-0.4, -0.2) is 22.9 Å². The summed E-state index contributed by atoms with van der Waals surface area (Å²) in [5.41, 5.74) is 1.22. The molecule has 0 aliphatic carbocycles. The second-order valence-electron chi connectivity index (χ2n) is 4.97. The van der Waals surface area contributed by atoms with Crippen molar-refractivity contribution in [3.05, 3.63) is 70.4 Å². The number of nitrogens with zero attached hydrogens (tertiary/aromatic N) is 2. The lowest BCUT2D eigenvalue weighted by Gasteiger charge is -2.11. The van der Waals surface area contributed by atoms with Gasteiger partial charge in [0.25, 0.3) is 11.6 Å². The van der Waals surface area contributed by atoms with Crippen LogP contribution in [0.15, 0.2) is 54.7 Å². The summed E-state index contributed by atoms with van der Waals surface area (Å²) in [6.07, 6.45) is 1.54. The third-order valence-electron chi connectivity index (χ3n) is 3.54. The molecule has 0 spiro atoms. The average Bonchev–Trinajstić information content (AvgIpc) is 2.61. The second-order valence-corrected chi connectivity index (χ2v) is 4.97. The summed E-state index contributed by atoms with van der Waals surface area (Å²) in [7, 11) is 1.43. The molecule has 120 valence electrons. The molecule has 0 unspecified atom stereocenters. The molecule has 0 aliphatic heterocycles. The molecule has 1 N–H and O–H groups in total. The molecule has 3 aromatic rings. The SMILES string of the molecule is COc1ccc([N+](=O)[O-])cc1NC(=O)c1ccnc2ccccc12. The molecule has 0 radical (unpaired) electrons. The highest BCUT2D eigenvalue weighted by Crippen LogP contribution is 2.29. The average molecular weight is 323 g/mol. The normalized spacial score (nSPS) is 10.4. The third kappa shape index (κ3) is 2.87. The third-order valence-corrected chi connectivity index (χ3v) is 3.54. The fraction of sp³-hybridized carbons (Fsp3) is 0.0588. The predicted molar refractivity (Wildman–Crippen MR) is 89.3 cm³/mol. The highest BCUT2D eigenvalue weighted by molar-refractivity contribution is 6.12. The number of anilines is 1. The highest BCUT2D eigenvalue weighted by atomic mass is 16.6. The van der Waals surface area contributed by atoms with Gasteiger partial charge in [0.05, 0.1) is 28.8 Å². The zero-order valence-electron chi connectivity index (χ0n) is 12.7. The van der Waals surface area contributed by atoms with Crippen molar-refractivity contribution in [2.75, 3.05) is 12.4 Å². The second kappa shape index (κ2) is 6.33. The van der Waals surface area contributed by atoms with Crippen molar-refractivity contribution in [3.8, 4) is 5.75 Å². The Kier molecular flexibility index (Phi) is 4.07. The summed E-state index contributed by atoms with van der Waals surface area (Å²) >= 11 is 0. The number of carbonyl (C=O) groups excluding carboxylic acids is 1. The number of hydrogen-bond donors (Lipinski definition) is 1. The largest absolute Gasteiger partial charge is 0.495 e. The van der Waals surface area contributed by atoms with E-state index in [0.717, 1.165) is 0 Å². The molecule has 2 aromatic carbocycles. The minimum absolute atomic E-state index is 0.134. The molecule has 1 amide bonds. The molecule has 7 heteroatoms. The van der Waals surface area contributed by atoms with Crippen LogP contribution >= 0.6 is 0 Å². The van der Waals surface area contributed by atoms with E-state index >= 15 is 0 Å². The number of aromatic nitrogens is 1. The van der Waals surface area contributed by atoms with Gasteiger partial charge in [0.1, 0.15) is 5.75 Å². The van der Waals surface area contributed by atoms with Crippen LogP contribution in [-0.2, 0) is 0 Å².